The first-order valence-corrected chi connectivity index (χ1v) is 18.2. The molecule has 0 unspecified atom stereocenters. The molecular weight excluding hydrogens is 715 g/mol. The van der Waals surface area contributed by atoms with Crippen LogP contribution in [-0.4, -0.2) is 57.8 Å². The maximum Gasteiger partial charge on any atom is 0.342 e. The minimum Gasteiger partial charge on any atom is -0.497 e. The lowest BCUT2D eigenvalue weighted by Gasteiger charge is -2.37. The van der Waals surface area contributed by atoms with E-state index in [1.165, 1.54) is 34.7 Å². The van der Waals surface area contributed by atoms with E-state index in [-0.39, 0.29) is 25.0 Å². The fourth-order valence-corrected chi connectivity index (χ4v) is 7.53. The highest BCUT2D eigenvalue weighted by Crippen LogP contribution is 2.42. The number of carboxylic acids is 1. The maximum atomic E-state index is 13.8. The molecule has 4 aromatic carbocycles. The molecule has 6 rings (SSSR count). The van der Waals surface area contributed by atoms with Gasteiger partial charge in [0.15, 0.2) is 0 Å². The molecule has 2 atom stereocenters. The van der Waals surface area contributed by atoms with E-state index >= 15 is 0 Å². The van der Waals surface area contributed by atoms with Crippen LogP contribution < -0.4 is 20.7 Å². The van der Waals surface area contributed by atoms with Crippen molar-refractivity contribution in [3.63, 3.8) is 0 Å². The van der Waals surface area contributed by atoms with Crippen LogP contribution in [0.15, 0.2) is 118 Å². The van der Waals surface area contributed by atoms with Gasteiger partial charge >= 0.3 is 11.7 Å². The van der Waals surface area contributed by atoms with Crippen molar-refractivity contribution in [2.75, 3.05) is 26.6 Å². The molecule has 1 aliphatic rings. The fraction of sp³-hybridized carbons (Fsp3) is 0.275. The molecule has 14 heteroatoms. The van der Waals surface area contributed by atoms with Gasteiger partial charge in [-0.1, -0.05) is 54.6 Å². The molecule has 54 heavy (non-hydrogen) atoms. The van der Waals surface area contributed by atoms with Crippen LogP contribution in [0, 0.1) is 17.0 Å². The number of aromatic carboxylic acids is 1. The Morgan fingerprint density at radius 1 is 0.926 bits per heavy atom. The van der Waals surface area contributed by atoms with Crippen LogP contribution >= 0.6 is 11.8 Å². The van der Waals surface area contributed by atoms with E-state index in [4.69, 9.17) is 18.9 Å². The Morgan fingerprint density at radius 3 is 2.11 bits per heavy atom. The average Bonchev–Trinajstić information content (AvgIpc) is 3.67. The molecule has 1 saturated heterocycles. The summed E-state index contributed by atoms with van der Waals surface area (Å²) in [6.45, 7) is 1.83. The van der Waals surface area contributed by atoms with E-state index in [1.54, 1.807) is 21.1 Å². The van der Waals surface area contributed by atoms with Gasteiger partial charge in [-0.3, -0.25) is 24.0 Å². The SMILES string of the molecule is COc1ccc(C(OC[C@@H]2CC[C@H](n3cc(C)c(=O)n(CCSc4ccc([N+](=O)[O-])c(C(=O)O)c4)c3=O)O2)(c2ccccc2)c2ccc(OC)cc2)cc1. The summed E-state index contributed by atoms with van der Waals surface area (Å²) in [4.78, 5) is 49.4. The minimum atomic E-state index is -1.42. The number of aromatic nitrogens is 2. The summed E-state index contributed by atoms with van der Waals surface area (Å²) in [6, 6.07) is 29.2. The molecule has 1 aromatic heterocycles. The van der Waals surface area contributed by atoms with Crippen LogP contribution in [0.3, 0.4) is 0 Å². The Bertz CT molecular complexity index is 2190. The van der Waals surface area contributed by atoms with Gasteiger partial charge in [-0.2, -0.15) is 0 Å². The van der Waals surface area contributed by atoms with Crippen molar-refractivity contribution >= 4 is 23.4 Å². The number of carboxylic acid groups (broad SMARTS) is 1. The van der Waals surface area contributed by atoms with Crippen LogP contribution in [0.1, 0.15) is 51.7 Å². The lowest BCUT2D eigenvalue weighted by Crippen LogP contribution is -2.42. The highest BCUT2D eigenvalue weighted by molar-refractivity contribution is 7.99. The number of nitrogens with zero attached hydrogens (tertiary/aromatic N) is 3. The van der Waals surface area contributed by atoms with Gasteiger partial charge in [0.05, 0.1) is 31.9 Å². The van der Waals surface area contributed by atoms with Gasteiger partial charge in [-0.05, 0) is 72.9 Å². The number of ether oxygens (including phenoxy) is 4. The third-order valence-electron chi connectivity index (χ3n) is 9.40. The number of rotatable bonds is 15. The Hall–Kier alpha value is -5.70. The second-order valence-corrected chi connectivity index (χ2v) is 13.8. The van der Waals surface area contributed by atoms with Crippen LogP contribution in [0.5, 0.6) is 11.5 Å². The molecule has 0 aliphatic carbocycles. The summed E-state index contributed by atoms with van der Waals surface area (Å²) < 4.78 is 26.9. The zero-order valence-corrected chi connectivity index (χ0v) is 30.7. The quantitative estimate of drug-likeness (QED) is 0.0544. The van der Waals surface area contributed by atoms with Crippen LogP contribution in [0.4, 0.5) is 5.69 Å². The molecule has 0 bridgehead atoms. The Labute approximate surface area is 314 Å². The average molecular weight is 754 g/mol. The Morgan fingerprint density at radius 2 is 1.54 bits per heavy atom. The molecular formula is C40H39N3O10S. The van der Waals surface area contributed by atoms with Gasteiger partial charge in [-0.25, -0.2) is 9.59 Å². The topological polar surface area (TPSA) is 161 Å². The van der Waals surface area contributed by atoms with Crippen molar-refractivity contribution in [2.24, 2.45) is 0 Å². The fourth-order valence-electron chi connectivity index (χ4n) is 6.66. The van der Waals surface area contributed by atoms with Crippen LogP contribution in [0.25, 0.3) is 0 Å². The second-order valence-electron chi connectivity index (χ2n) is 12.7. The predicted octanol–water partition coefficient (Wildman–Crippen LogP) is 6.42. The van der Waals surface area contributed by atoms with E-state index in [9.17, 15) is 29.6 Å². The van der Waals surface area contributed by atoms with E-state index in [2.05, 4.69) is 0 Å². The number of hydrogen-bond acceptors (Lipinski definition) is 10. The van der Waals surface area contributed by atoms with Crippen molar-refractivity contribution in [1.29, 1.82) is 0 Å². The summed E-state index contributed by atoms with van der Waals surface area (Å²) in [7, 11) is 3.23. The molecule has 0 radical (unpaired) electrons. The summed E-state index contributed by atoms with van der Waals surface area (Å²) in [5.74, 6) is 0.221. The summed E-state index contributed by atoms with van der Waals surface area (Å²) in [5, 5.41) is 20.7. The Balaban J connectivity index is 1.23. The maximum absolute atomic E-state index is 13.8. The molecule has 0 saturated carbocycles. The van der Waals surface area contributed by atoms with E-state index < -0.39 is 45.2 Å². The summed E-state index contributed by atoms with van der Waals surface area (Å²) in [6.07, 6.45) is 1.58. The lowest BCUT2D eigenvalue weighted by molar-refractivity contribution is -0.385. The molecule has 1 N–H and O–H groups in total. The number of thioether (sulfide) groups is 1. The van der Waals surface area contributed by atoms with Crippen molar-refractivity contribution in [3.8, 4) is 11.5 Å². The van der Waals surface area contributed by atoms with Gasteiger partial charge in [0.2, 0.25) is 0 Å². The number of nitro groups is 1. The van der Waals surface area contributed by atoms with Gasteiger partial charge < -0.3 is 24.1 Å². The van der Waals surface area contributed by atoms with Crippen molar-refractivity contribution < 1.29 is 33.8 Å². The van der Waals surface area contributed by atoms with Gasteiger partial charge in [0, 0.05) is 35.0 Å². The molecule has 2 heterocycles. The van der Waals surface area contributed by atoms with Crippen molar-refractivity contribution in [2.45, 2.75) is 49.1 Å². The zero-order valence-electron chi connectivity index (χ0n) is 29.9. The van der Waals surface area contributed by atoms with E-state index in [1.807, 2.05) is 78.9 Å². The van der Waals surface area contributed by atoms with E-state index in [0.717, 1.165) is 27.3 Å². The first-order chi connectivity index (χ1) is 26.0. The number of carbonyl (C=O) groups is 1. The standard InChI is InChI=1S/C40H39N3O10S/c1-26-24-42(39(47)41(37(26)44)21-22-54-33-18-19-35(43(48)49)34(23-33)38(45)46)36-20-17-32(53-36)25-52-40(27-7-5-4-6-8-27,28-9-13-30(50-2)14-10-28)29-11-15-31(51-3)16-12-29/h4-16,18-19,23-24,32,36H,17,20-22,25H2,1-3H3,(H,45,46)/t32-,36+/m0/s1. The lowest BCUT2D eigenvalue weighted by atomic mass is 9.80. The number of nitro benzene ring substituents is 1. The van der Waals surface area contributed by atoms with Gasteiger partial charge in [0.1, 0.15) is 28.9 Å². The molecule has 13 nitrogen and oxygen atoms in total. The van der Waals surface area contributed by atoms with Crippen molar-refractivity contribution in [3.05, 3.63) is 162 Å². The highest BCUT2D eigenvalue weighted by atomic mass is 32.2. The smallest absolute Gasteiger partial charge is 0.342 e. The summed E-state index contributed by atoms with van der Waals surface area (Å²) >= 11 is 1.18. The first-order valence-electron chi connectivity index (χ1n) is 17.2. The minimum absolute atomic E-state index is 0.0198. The van der Waals surface area contributed by atoms with Crippen LogP contribution in [0.2, 0.25) is 0 Å². The molecule has 1 aliphatic heterocycles. The third kappa shape index (κ3) is 7.81. The number of hydrogen-bond donors (Lipinski definition) is 1. The van der Waals surface area contributed by atoms with Crippen LogP contribution in [-0.2, 0) is 21.6 Å². The molecule has 0 spiro atoms. The Kier molecular flexibility index (Phi) is 11.6. The van der Waals surface area contributed by atoms with Gasteiger partial charge in [-0.15, -0.1) is 11.8 Å². The third-order valence-corrected chi connectivity index (χ3v) is 10.4. The van der Waals surface area contributed by atoms with Crippen molar-refractivity contribution in [1.82, 2.24) is 9.13 Å². The molecule has 280 valence electrons. The largest absolute Gasteiger partial charge is 0.497 e. The van der Waals surface area contributed by atoms with Gasteiger partial charge in [0.25, 0.3) is 11.2 Å². The number of methoxy groups -OCH3 is 2. The van der Waals surface area contributed by atoms with E-state index in [0.29, 0.717) is 34.8 Å². The second kappa shape index (κ2) is 16.5. The highest BCUT2D eigenvalue weighted by Gasteiger charge is 2.40. The predicted molar refractivity (Wildman–Crippen MR) is 202 cm³/mol. The number of aryl methyl sites for hydroxylation is 1. The number of benzene rings is 4. The monoisotopic (exact) mass is 753 g/mol. The summed E-state index contributed by atoms with van der Waals surface area (Å²) in [5.41, 5.74) is 0.0159. The molecule has 5 aromatic rings. The molecule has 0 amide bonds. The zero-order chi connectivity index (χ0) is 38.4. The first kappa shape index (κ1) is 38.0. The molecule has 1 fully saturated rings. The normalized spacial score (nSPS) is 15.5.